The van der Waals surface area contributed by atoms with Crippen LogP contribution in [0.15, 0.2) is 12.3 Å². The molecule has 0 radical (unpaired) electrons. The second-order valence-electron chi connectivity index (χ2n) is 7.29. The van der Waals surface area contributed by atoms with Crippen LogP contribution >= 0.6 is 0 Å². The van der Waals surface area contributed by atoms with Crippen molar-refractivity contribution in [3.8, 4) is 0 Å². The van der Waals surface area contributed by atoms with Crippen LogP contribution in [0.25, 0.3) is 0 Å². The topological polar surface area (TPSA) is 58.4 Å². The fourth-order valence-electron chi connectivity index (χ4n) is 3.65. The first-order chi connectivity index (χ1) is 11.1. The maximum Gasteiger partial charge on any atom is 0.435 e. The normalized spacial score (nSPS) is 28.7. The van der Waals surface area contributed by atoms with E-state index in [1.807, 2.05) is 4.90 Å². The SMILES string of the molecule is C[C@]1(O)C[C@@H](C(=O)N2CCC(Cn3ccc(C(F)(F)F)n3)CC2)C1. The molecule has 2 heterocycles. The smallest absolute Gasteiger partial charge is 0.390 e. The molecule has 1 saturated heterocycles. The molecule has 1 amide bonds. The number of hydrogen-bond acceptors (Lipinski definition) is 3. The van der Waals surface area contributed by atoms with E-state index in [0.717, 1.165) is 18.9 Å². The largest absolute Gasteiger partial charge is 0.435 e. The van der Waals surface area contributed by atoms with E-state index < -0.39 is 17.5 Å². The van der Waals surface area contributed by atoms with Gasteiger partial charge in [-0.2, -0.15) is 18.3 Å². The molecule has 1 aliphatic heterocycles. The minimum atomic E-state index is -4.41. The number of aromatic nitrogens is 2. The number of halogens is 3. The average Bonchev–Trinajstić information content (AvgIpc) is 2.93. The summed E-state index contributed by atoms with van der Waals surface area (Å²) in [6.45, 7) is 3.42. The maximum atomic E-state index is 12.6. The Labute approximate surface area is 138 Å². The molecule has 0 atom stereocenters. The Bertz CT molecular complexity index is 596. The van der Waals surface area contributed by atoms with Crippen molar-refractivity contribution in [3.05, 3.63) is 18.0 Å². The molecule has 8 heteroatoms. The lowest BCUT2D eigenvalue weighted by Gasteiger charge is -2.43. The van der Waals surface area contributed by atoms with Crippen LogP contribution in [-0.4, -0.2) is 44.4 Å². The van der Waals surface area contributed by atoms with Crippen molar-refractivity contribution in [3.63, 3.8) is 0 Å². The molecule has 0 bridgehead atoms. The fourth-order valence-corrected chi connectivity index (χ4v) is 3.65. The number of carbonyl (C=O) groups is 1. The Morgan fingerprint density at radius 3 is 2.50 bits per heavy atom. The van der Waals surface area contributed by atoms with Gasteiger partial charge in [-0.1, -0.05) is 0 Å². The standard InChI is InChI=1S/C16H22F3N3O2/c1-15(24)8-12(9-15)14(23)21-5-2-11(3-6-21)10-22-7-4-13(20-22)16(17,18)19/h4,7,11-12,24H,2-3,5-6,8-10H2,1H3/t12-,15+. The van der Waals surface area contributed by atoms with Crippen molar-refractivity contribution in [1.29, 1.82) is 0 Å². The molecule has 0 spiro atoms. The molecular weight excluding hydrogens is 323 g/mol. The summed E-state index contributed by atoms with van der Waals surface area (Å²) in [5.74, 6) is 0.231. The number of rotatable bonds is 3. The number of piperidine rings is 1. The third-order valence-electron chi connectivity index (χ3n) is 5.02. The second-order valence-corrected chi connectivity index (χ2v) is 7.29. The summed E-state index contributed by atoms with van der Waals surface area (Å²) in [6.07, 6.45) is -0.507. The Morgan fingerprint density at radius 2 is 2.00 bits per heavy atom. The van der Waals surface area contributed by atoms with Crippen LogP contribution in [-0.2, 0) is 17.5 Å². The third-order valence-corrected chi connectivity index (χ3v) is 5.02. The van der Waals surface area contributed by atoms with Crippen molar-refractivity contribution in [2.75, 3.05) is 13.1 Å². The van der Waals surface area contributed by atoms with E-state index in [9.17, 15) is 23.1 Å². The van der Waals surface area contributed by atoms with Crippen LogP contribution in [0.2, 0.25) is 0 Å². The van der Waals surface area contributed by atoms with Crippen LogP contribution in [0, 0.1) is 11.8 Å². The number of likely N-dealkylation sites (tertiary alicyclic amines) is 1. The van der Waals surface area contributed by atoms with E-state index in [1.165, 1.54) is 10.9 Å². The summed E-state index contributed by atoms with van der Waals surface area (Å²) in [4.78, 5) is 14.1. The molecule has 1 aromatic rings. The minimum Gasteiger partial charge on any atom is -0.390 e. The van der Waals surface area contributed by atoms with Gasteiger partial charge >= 0.3 is 6.18 Å². The van der Waals surface area contributed by atoms with Gasteiger partial charge in [0.1, 0.15) is 0 Å². The van der Waals surface area contributed by atoms with Crippen LogP contribution in [0.3, 0.4) is 0 Å². The zero-order valence-corrected chi connectivity index (χ0v) is 13.6. The summed E-state index contributed by atoms with van der Waals surface area (Å²) in [5.41, 5.74) is -1.58. The fraction of sp³-hybridized carbons (Fsp3) is 0.750. The molecule has 24 heavy (non-hydrogen) atoms. The second kappa shape index (κ2) is 6.06. The van der Waals surface area contributed by atoms with E-state index in [4.69, 9.17) is 0 Å². The molecule has 1 aliphatic carbocycles. The van der Waals surface area contributed by atoms with Crippen LogP contribution < -0.4 is 0 Å². The first kappa shape index (κ1) is 17.3. The van der Waals surface area contributed by atoms with E-state index >= 15 is 0 Å². The zero-order chi connectivity index (χ0) is 17.5. The molecule has 0 unspecified atom stereocenters. The van der Waals surface area contributed by atoms with Crippen molar-refractivity contribution in [1.82, 2.24) is 14.7 Å². The number of amides is 1. The first-order valence-electron chi connectivity index (χ1n) is 8.26. The summed E-state index contributed by atoms with van der Waals surface area (Å²) in [5, 5.41) is 13.3. The van der Waals surface area contributed by atoms with E-state index in [0.29, 0.717) is 32.5 Å². The minimum absolute atomic E-state index is 0.0861. The highest BCUT2D eigenvalue weighted by molar-refractivity contribution is 5.80. The summed E-state index contributed by atoms with van der Waals surface area (Å²) in [6, 6.07) is 0.987. The van der Waals surface area contributed by atoms with Gasteiger partial charge in [-0.25, -0.2) is 0 Å². The highest BCUT2D eigenvalue weighted by Crippen LogP contribution is 2.39. The van der Waals surface area contributed by atoms with Crippen molar-refractivity contribution in [2.24, 2.45) is 11.8 Å². The van der Waals surface area contributed by atoms with Gasteiger partial charge < -0.3 is 10.0 Å². The molecule has 2 fully saturated rings. The van der Waals surface area contributed by atoms with Gasteiger partial charge in [0.25, 0.3) is 0 Å². The molecule has 134 valence electrons. The lowest BCUT2D eigenvalue weighted by Crippen LogP contribution is -2.51. The van der Waals surface area contributed by atoms with Crippen LogP contribution in [0.1, 0.15) is 38.3 Å². The highest BCUT2D eigenvalue weighted by atomic mass is 19.4. The number of carbonyl (C=O) groups excluding carboxylic acids is 1. The average molecular weight is 345 g/mol. The van der Waals surface area contributed by atoms with Crippen molar-refractivity contribution < 1.29 is 23.1 Å². The first-order valence-corrected chi connectivity index (χ1v) is 8.26. The summed E-state index contributed by atoms with van der Waals surface area (Å²) in [7, 11) is 0. The van der Waals surface area contributed by atoms with Gasteiger partial charge in [-0.05, 0) is 44.6 Å². The molecule has 5 nitrogen and oxygen atoms in total. The third kappa shape index (κ3) is 3.74. The number of hydrogen-bond donors (Lipinski definition) is 1. The highest BCUT2D eigenvalue weighted by Gasteiger charge is 2.44. The number of aliphatic hydroxyl groups is 1. The molecule has 1 aromatic heterocycles. The Hall–Kier alpha value is -1.57. The molecule has 2 aliphatic rings. The van der Waals surface area contributed by atoms with Crippen molar-refractivity contribution >= 4 is 5.91 Å². The van der Waals surface area contributed by atoms with Crippen LogP contribution in [0.5, 0.6) is 0 Å². The Kier molecular flexibility index (Phi) is 4.36. The molecule has 3 rings (SSSR count). The zero-order valence-electron chi connectivity index (χ0n) is 13.6. The summed E-state index contributed by atoms with van der Waals surface area (Å²) >= 11 is 0. The van der Waals surface area contributed by atoms with Gasteiger partial charge in [-0.15, -0.1) is 0 Å². The quantitative estimate of drug-likeness (QED) is 0.915. The predicted molar refractivity (Wildman–Crippen MR) is 79.9 cm³/mol. The van der Waals surface area contributed by atoms with Gasteiger partial charge in [0.05, 0.1) is 5.60 Å². The van der Waals surface area contributed by atoms with E-state index in [2.05, 4.69) is 5.10 Å². The van der Waals surface area contributed by atoms with Gasteiger partial charge in [0.2, 0.25) is 5.91 Å². The summed E-state index contributed by atoms with van der Waals surface area (Å²) < 4.78 is 39.0. The lowest BCUT2D eigenvalue weighted by atomic mass is 9.71. The lowest BCUT2D eigenvalue weighted by molar-refractivity contribution is -0.151. The van der Waals surface area contributed by atoms with Crippen LogP contribution in [0.4, 0.5) is 13.2 Å². The maximum absolute atomic E-state index is 12.6. The van der Waals surface area contributed by atoms with E-state index in [1.54, 1.807) is 6.92 Å². The number of alkyl halides is 3. The van der Waals surface area contributed by atoms with Gasteiger partial charge in [0.15, 0.2) is 5.69 Å². The Balaban J connectivity index is 1.47. The number of nitrogens with zero attached hydrogens (tertiary/aromatic N) is 3. The molecule has 1 N–H and O–H groups in total. The predicted octanol–water partition coefficient (Wildman–Crippen LogP) is 2.30. The molecule has 1 saturated carbocycles. The van der Waals surface area contributed by atoms with Gasteiger partial charge in [0, 0.05) is 31.7 Å². The van der Waals surface area contributed by atoms with Crippen molar-refractivity contribution in [2.45, 2.75) is 50.9 Å². The monoisotopic (exact) mass is 345 g/mol. The van der Waals surface area contributed by atoms with E-state index in [-0.39, 0.29) is 17.7 Å². The van der Waals surface area contributed by atoms with Gasteiger partial charge in [-0.3, -0.25) is 9.48 Å². The molecule has 0 aromatic carbocycles. The molecular formula is C16H22F3N3O2. The Morgan fingerprint density at radius 1 is 1.38 bits per heavy atom.